The molecule has 1 unspecified atom stereocenters. The Morgan fingerprint density at radius 3 is 2.24 bits per heavy atom. The smallest absolute Gasteiger partial charge is 0.195 e. The van der Waals surface area contributed by atoms with Crippen LogP contribution in [0.2, 0.25) is 0 Å². The van der Waals surface area contributed by atoms with Crippen LogP contribution in [0.15, 0.2) is 114 Å². The van der Waals surface area contributed by atoms with Crippen LogP contribution < -0.4 is 0 Å². The average Bonchev–Trinajstić information content (AvgIpc) is 3.20. The fourth-order valence-corrected chi connectivity index (χ4v) is 4.54. The molecule has 34 heavy (non-hydrogen) atoms. The van der Waals surface area contributed by atoms with Crippen molar-refractivity contribution in [2.75, 3.05) is 0 Å². The van der Waals surface area contributed by atoms with Gasteiger partial charge in [-0.3, -0.25) is 4.79 Å². The number of benzene rings is 2. The summed E-state index contributed by atoms with van der Waals surface area (Å²) in [5.41, 5.74) is 8.15. The zero-order valence-electron chi connectivity index (χ0n) is 20.3. The van der Waals surface area contributed by atoms with Gasteiger partial charge in [-0.15, -0.1) is 12.8 Å². The molecular weight excluding hydrogens is 412 g/mol. The summed E-state index contributed by atoms with van der Waals surface area (Å²) in [6.45, 7) is 6.22. The van der Waals surface area contributed by atoms with Gasteiger partial charge in [0.2, 0.25) is 0 Å². The molecule has 1 heteroatoms. The molecule has 0 spiro atoms. The van der Waals surface area contributed by atoms with E-state index in [0.717, 1.165) is 51.8 Å². The molecule has 4 rings (SSSR count). The number of rotatable bonds is 6. The zero-order chi connectivity index (χ0) is 24.5. The molecule has 0 aliphatic heterocycles. The van der Waals surface area contributed by atoms with Gasteiger partial charge in [0.15, 0.2) is 5.78 Å². The van der Waals surface area contributed by atoms with Gasteiger partial charge in [-0.25, -0.2) is 0 Å². The number of allylic oxidation sites excluding steroid dienone is 12. The summed E-state index contributed by atoms with van der Waals surface area (Å²) in [4.78, 5) is 14.2. The van der Waals surface area contributed by atoms with Crippen LogP contribution in [0.25, 0.3) is 11.1 Å². The molecule has 2 aliphatic rings. The first-order chi connectivity index (χ1) is 16.7. The lowest BCUT2D eigenvalue weighted by atomic mass is 9.82. The van der Waals surface area contributed by atoms with Gasteiger partial charge in [-0.2, -0.15) is 0 Å². The Bertz CT molecular complexity index is 1220. The number of carbonyl (C=O) groups is 1. The van der Waals surface area contributed by atoms with Gasteiger partial charge in [0.25, 0.3) is 0 Å². The number of carbonyl (C=O) groups excluding carboxylic acids is 1. The van der Waals surface area contributed by atoms with E-state index in [4.69, 9.17) is 0 Å². The van der Waals surface area contributed by atoms with Gasteiger partial charge in [0.05, 0.1) is 0 Å². The lowest BCUT2D eigenvalue weighted by molar-refractivity contribution is -0.110. The fourth-order valence-electron chi connectivity index (χ4n) is 4.54. The molecule has 2 aromatic rings. The van der Waals surface area contributed by atoms with E-state index in [2.05, 4.69) is 118 Å². The number of ketones is 1. The number of Topliss-reactive ketones (excluding diaryl/α,β-unsaturated/α-hetero) is 1. The van der Waals surface area contributed by atoms with Gasteiger partial charge < -0.3 is 0 Å². The summed E-state index contributed by atoms with van der Waals surface area (Å²) in [5.74, 6) is 0.292. The van der Waals surface area contributed by atoms with E-state index in [1.165, 1.54) is 5.56 Å². The minimum atomic E-state index is 0.125. The van der Waals surface area contributed by atoms with Gasteiger partial charge in [-0.1, -0.05) is 110 Å². The van der Waals surface area contributed by atoms with Gasteiger partial charge >= 0.3 is 0 Å². The molecule has 0 saturated carbocycles. The lowest BCUT2D eigenvalue weighted by Gasteiger charge is -2.21. The summed E-state index contributed by atoms with van der Waals surface area (Å²) in [6, 6.07) is 18.8. The van der Waals surface area contributed by atoms with E-state index >= 15 is 0 Å². The molecule has 0 radical (unpaired) electrons. The second-order valence-electron chi connectivity index (χ2n) is 8.31. The lowest BCUT2D eigenvalue weighted by Crippen LogP contribution is -2.06. The van der Waals surface area contributed by atoms with Crippen LogP contribution in [0, 0.1) is 25.7 Å². The van der Waals surface area contributed by atoms with Crippen molar-refractivity contribution < 1.29 is 4.79 Å². The summed E-state index contributed by atoms with van der Waals surface area (Å²) in [6.07, 6.45) is 24.8. The predicted molar refractivity (Wildman–Crippen MR) is 146 cm³/mol. The van der Waals surface area contributed by atoms with Crippen LogP contribution in [0.3, 0.4) is 0 Å². The fraction of sp³-hybridized carbons (Fsp3) is 0.182. The van der Waals surface area contributed by atoms with E-state index in [1.807, 2.05) is 13.0 Å². The van der Waals surface area contributed by atoms with E-state index < -0.39 is 0 Å². The minimum Gasteiger partial charge on any atom is -0.289 e. The maximum Gasteiger partial charge on any atom is 0.195 e. The highest BCUT2D eigenvalue weighted by Crippen LogP contribution is 2.48. The van der Waals surface area contributed by atoms with Crippen LogP contribution in [-0.4, -0.2) is 5.78 Å². The standard InChI is InChI=1S/C31H30O.C2H2/c1-4-6-13-23(5-2)29-27(24-14-9-7-10-15-24)28(25-16-11-8-12-17-25)30(31(29)32)26-20-18-22(3)19-21-26;1-2/h5-16,18-21,25H,4,17H2,1-3H3;1-2H/b13-6-,23-5+;. The Balaban J connectivity index is 0.00000158. The average molecular weight is 445 g/mol. The molecule has 0 bridgehead atoms. The van der Waals surface area contributed by atoms with E-state index in [0.29, 0.717) is 0 Å². The largest absolute Gasteiger partial charge is 0.289 e. The van der Waals surface area contributed by atoms with E-state index in [-0.39, 0.29) is 11.7 Å². The second kappa shape index (κ2) is 11.8. The summed E-state index contributed by atoms with van der Waals surface area (Å²) >= 11 is 0. The van der Waals surface area contributed by atoms with Crippen molar-refractivity contribution in [3.8, 4) is 12.8 Å². The maximum atomic E-state index is 14.2. The molecule has 1 nitrogen and oxygen atoms in total. The molecule has 0 N–H and O–H groups in total. The topological polar surface area (TPSA) is 17.1 Å². The van der Waals surface area contributed by atoms with Gasteiger partial charge in [-0.05, 0) is 54.5 Å². The number of hydrogen-bond acceptors (Lipinski definition) is 1. The van der Waals surface area contributed by atoms with Crippen molar-refractivity contribution in [2.24, 2.45) is 5.92 Å². The molecule has 170 valence electrons. The first-order valence-corrected chi connectivity index (χ1v) is 11.8. The van der Waals surface area contributed by atoms with E-state index in [1.54, 1.807) is 0 Å². The summed E-state index contributed by atoms with van der Waals surface area (Å²) in [5, 5.41) is 0. The highest BCUT2D eigenvalue weighted by atomic mass is 16.1. The molecule has 0 aromatic heterocycles. The van der Waals surface area contributed by atoms with Crippen LogP contribution in [0.4, 0.5) is 0 Å². The third-order valence-electron chi connectivity index (χ3n) is 6.13. The molecule has 0 saturated heterocycles. The molecule has 0 fully saturated rings. The van der Waals surface area contributed by atoms with Crippen molar-refractivity contribution in [1.29, 1.82) is 0 Å². The Hall–Kier alpha value is -3.89. The Morgan fingerprint density at radius 2 is 1.65 bits per heavy atom. The maximum absolute atomic E-state index is 14.2. The normalized spacial score (nSPS) is 18.0. The summed E-state index contributed by atoms with van der Waals surface area (Å²) in [7, 11) is 0. The van der Waals surface area contributed by atoms with Crippen LogP contribution in [-0.2, 0) is 4.79 Å². The predicted octanol–water partition coefficient (Wildman–Crippen LogP) is 8.08. The Morgan fingerprint density at radius 1 is 0.971 bits per heavy atom. The summed E-state index contributed by atoms with van der Waals surface area (Å²) < 4.78 is 0. The molecule has 2 aliphatic carbocycles. The highest BCUT2D eigenvalue weighted by Gasteiger charge is 2.37. The van der Waals surface area contributed by atoms with Crippen LogP contribution in [0.5, 0.6) is 0 Å². The van der Waals surface area contributed by atoms with E-state index in [9.17, 15) is 4.79 Å². The third-order valence-corrected chi connectivity index (χ3v) is 6.13. The highest BCUT2D eigenvalue weighted by molar-refractivity contribution is 6.40. The number of hydrogen-bond donors (Lipinski definition) is 0. The Kier molecular flexibility index (Phi) is 8.60. The Labute approximate surface area is 204 Å². The van der Waals surface area contributed by atoms with Crippen molar-refractivity contribution in [3.63, 3.8) is 0 Å². The van der Waals surface area contributed by atoms with Crippen LogP contribution >= 0.6 is 0 Å². The second-order valence-corrected chi connectivity index (χ2v) is 8.31. The number of aryl methyl sites for hydroxylation is 1. The molecule has 0 amide bonds. The first kappa shape index (κ1) is 24.7. The minimum absolute atomic E-state index is 0.125. The van der Waals surface area contributed by atoms with Gasteiger partial charge in [0.1, 0.15) is 0 Å². The first-order valence-electron chi connectivity index (χ1n) is 11.8. The van der Waals surface area contributed by atoms with Crippen molar-refractivity contribution in [2.45, 2.75) is 33.6 Å². The quantitative estimate of drug-likeness (QED) is 0.325. The molecule has 0 heterocycles. The molecule has 1 atom stereocenters. The van der Waals surface area contributed by atoms with Gasteiger partial charge in [0, 0.05) is 17.1 Å². The molecular formula is C33H32O. The third kappa shape index (κ3) is 5.03. The SMILES string of the molecule is C#C.C/C=C(\C=C/CC)C1=C(c2ccccc2)C(C2C=CC=CC2)=C(c2ccc(C)cc2)C1=O. The van der Waals surface area contributed by atoms with Crippen molar-refractivity contribution in [3.05, 3.63) is 131 Å². The molecule has 2 aromatic carbocycles. The van der Waals surface area contributed by atoms with Crippen LogP contribution in [0.1, 0.15) is 43.4 Å². The van der Waals surface area contributed by atoms with Crippen molar-refractivity contribution >= 4 is 16.9 Å². The van der Waals surface area contributed by atoms with Crippen molar-refractivity contribution in [1.82, 2.24) is 0 Å². The number of terminal acetylenes is 1. The monoisotopic (exact) mass is 444 g/mol. The zero-order valence-corrected chi connectivity index (χ0v) is 20.3.